The Labute approximate surface area is 279 Å². The normalized spacial score (nSPS) is 12.0. The number of carbonyl (C=O) groups excluding carboxylic acids is 1. The Hall–Kier alpha value is -5.23. The van der Waals surface area contributed by atoms with Crippen LogP contribution in [0.2, 0.25) is 0 Å². The molecule has 0 bridgehead atoms. The van der Waals surface area contributed by atoms with Crippen LogP contribution in [0.25, 0.3) is 11.4 Å². The van der Waals surface area contributed by atoms with Gasteiger partial charge in [-0.15, -0.1) is 12.3 Å². The molecule has 262 valence electrons. The minimum atomic E-state index is -2.44. The van der Waals surface area contributed by atoms with E-state index in [4.69, 9.17) is 20.0 Å². The standard InChI is InChI=1S/C16H18F2N6O2.C10H12O3.C3H7N.C3H4.CH3F/c17-13(18)8-20-10-23-2-4-24(5-3-23)14-7-12(15(19)25)21-16(22-14)11-1-6-26-9-11;11-10(12)6-7-13-8-9-4-2-1-3-5-9;1-3-4-2;1-3-2;1-2/h1,6-7,9-10,13H,2-5,8H2,(H2,19,25);1-5H,6-8H2,(H,11,12);3H,1-2H3;1H,2H3;1H3. The maximum absolute atomic E-state index is 12.1. The highest BCUT2D eigenvalue weighted by Gasteiger charge is 2.20. The van der Waals surface area contributed by atoms with Crippen LogP contribution in [-0.4, -0.2) is 104 Å². The predicted octanol–water partition coefficient (Wildman–Crippen LogP) is 4.86. The fourth-order valence-corrected chi connectivity index (χ4v) is 3.48. The zero-order valence-corrected chi connectivity index (χ0v) is 27.6. The summed E-state index contributed by atoms with van der Waals surface area (Å²) in [7, 11) is 2.25. The lowest BCUT2D eigenvalue weighted by molar-refractivity contribution is -0.138. The van der Waals surface area contributed by atoms with Crippen LogP contribution in [-0.2, 0) is 16.1 Å². The van der Waals surface area contributed by atoms with Crippen LogP contribution in [0.3, 0.4) is 0 Å². The van der Waals surface area contributed by atoms with Gasteiger partial charge in [0, 0.05) is 39.3 Å². The van der Waals surface area contributed by atoms with Gasteiger partial charge in [-0.25, -0.2) is 18.7 Å². The van der Waals surface area contributed by atoms with Gasteiger partial charge in [-0.1, -0.05) is 30.3 Å². The lowest BCUT2D eigenvalue weighted by atomic mass is 10.2. The minimum absolute atomic E-state index is 0.0623. The van der Waals surface area contributed by atoms with Gasteiger partial charge in [0.2, 0.25) is 0 Å². The molecule has 1 amide bonds. The van der Waals surface area contributed by atoms with Gasteiger partial charge in [0.1, 0.15) is 24.3 Å². The summed E-state index contributed by atoms with van der Waals surface area (Å²) in [5.41, 5.74) is 7.20. The van der Waals surface area contributed by atoms with Crippen molar-refractivity contribution in [1.82, 2.24) is 14.9 Å². The first-order valence-electron chi connectivity index (χ1n) is 14.6. The minimum Gasteiger partial charge on any atom is -0.481 e. The topological polar surface area (TPSA) is 160 Å². The predicted molar refractivity (Wildman–Crippen MR) is 181 cm³/mol. The van der Waals surface area contributed by atoms with Crippen LogP contribution in [0.5, 0.6) is 0 Å². The molecule has 1 aliphatic rings. The number of aliphatic carboxylic acids is 1. The van der Waals surface area contributed by atoms with Crippen molar-refractivity contribution < 1.29 is 37.0 Å². The smallest absolute Gasteiger partial charge is 0.305 e. The number of alkyl halides is 3. The molecular formula is C33H44F3N7O5. The quantitative estimate of drug-likeness (QED) is 0.125. The van der Waals surface area contributed by atoms with Crippen LogP contribution in [0.1, 0.15) is 36.3 Å². The SMILES string of the molecule is C#CC.CC=NC.CF.NC(=O)c1cc(N2CCN(C=NCC(F)F)CC2)nc(-c2ccoc2)n1.O=C(O)CCOCc1ccccc1. The average molecular weight is 676 g/mol. The first-order valence-corrected chi connectivity index (χ1v) is 14.6. The number of aliphatic imine (C=N–C) groups is 2. The Morgan fingerprint density at radius 3 is 2.29 bits per heavy atom. The Kier molecular flexibility index (Phi) is 24.0. The maximum Gasteiger partial charge on any atom is 0.305 e. The van der Waals surface area contributed by atoms with Crippen molar-refractivity contribution in [2.45, 2.75) is 33.3 Å². The van der Waals surface area contributed by atoms with Gasteiger partial charge in [0.05, 0.1) is 45.0 Å². The number of nitrogens with two attached hydrogens (primary N) is 1. The lowest BCUT2D eigenvalue weighted by Gasteiger charge is -2.34. The number of furan rings is 1. The summed E-state index contributed by atoms with van der Waals surface area (Å²) in [6.45, 7) is 6.19. The summed E-state index contributed by atoms with van der Waals surface area (Å²) in [4.78, 5) is 41.5. The number of aromatic nitrogens is 2. The van der Waals surface area contributed by atoms with Crippen molar-refractivity contribution in [1.29, 1.82) is 0 Å². The van der Waals surface area contributed by atoms with Crippen molar-refractivity contribution in [2.24, 2.45) is 15.7 Å². The summed E-state index contributed by atoms with van der Waals surface area (Å²) >= 11 is 0. The molecule has 2 aromatic heterocycles. The van der Waals surface area contributed by atoms with Gasteiger partial charge in [0.25, 0.3) is 12.3 Å². The molecule has 1 saturated heterocycles. The third-order valence-electron chi connectivity index (χ3n) is 5.70. The second-order valence-corrected chi connectivity index (χ2v) is 9.19. The molecular weight excluding hydrogens is 631 g/mol. The second kappa shape index (κ2) is 26.9. The molecule has 15 heteroatoms. The van der Waals surface area contributed by atoms with Crippen molar-refractivity contribution in [3.63, 3.8) is 0 Å². The van der Waals surface area contributed by atoms with E-state index in [1.54, 1.807) is 32.3 Å². The highest BCUT2D eigenvalue weighted by atomic mass is 19.3. The number of primary amides is 1. The zero-order chi connectivity index (χ0) is 36.2. The first-order chi connectivity index (χ1) is 23.1. The molecule has 4 rings (SSSR count). The number of carboxylic acids is 1. The van der Waals surface area contributed by atoms with Crippen molar-refractivity contribution >= 4 is 30.2 Å². The number of terminal acetylenes is 1. The second-order valence-electron chi connectivity index (χ2n) is 9.19. The van der Waals surface area contributed by atoms with E-state index in [2.05, 4.69) is 32.3 Å². The van der Waals surface area contributed by atoms with E-state index in [-0.39, 0.29) is 18.7 Å². The number of halogens is 3. The van der Waals surface area contributed by atoms with Gasteiger partial charge < -0.3 is 34.8 Å². The lowest BCUT2D eigenvalue weighted by Crippen LogP contribution is -2.46. The molecule has 3 N–H and O–H groups in total. The summed E-state index contributed by atoms with van der Waals surface area (Å²) in [5, 5.41) is 8.33. The highest BCUT2D eigenvalue weighted by molar-refractivity contribution is 5.92. The Morgan fingerprint density at radius 2 is 1.79 bits per heavy atom. The molecule has 0 spiro atoms. The van der Waals surface area contributed by atoms with Crippen molar-refractivity contribution in [2.75, 3.05) is 58.5 Å². The number of amides is 1. The van der Waals surface area contributed by atoms with Crippen molar-refractivity contribution in [3.8, 4) is 23.7 Å². The van der Waals surface area contributed by atoms with Crippen LogP contribution in [0.4, 0.5) is 19.0 Å². The van der Waals surface area contributed by atoms with Gasteiger partial charge in [-0.3, -0.25) is 19.0 Å². The number of hydrogen-bond acceptors (Lipinski definition) is 9. The molecule has 1 aromatic carbocycles. The van der Waals surface area contributed by atoms with Crippen molar-refractivity contribution in [3.05, 3.63) is 66.2 Å². The number of ether oxygens (including phenoxy) is 1. The van der Waals surface area contributed by atoms with E-state index >= 15 is 0 Å². The number of rotatable bonds is 11. The van der Waals surface area contributed by atoms with E-state index in [1.807, 2.05) is 47.1 Å². The van der Waals surface area contributed by atoms with Gasteiger partial charge in [-0.05, 0) is 31.7 Å². The van der Waals surface area contributed by atoms with Gasteiger partial charge in [-0.2, -0.15) is 0 Å². The molecule has 0 aliphatic carbocycles. The highest BCUT2D eigenvalue weighted by Crippen LogP contribution is 2.21. The zero-order valence-electron chi connectivity index (χ0n) is 27.6. The third kappa shape index (κ3) is 19.3. The number of carbonyl (C=O) groups is 2. The number of benzene rings is 1. The summed E-state index contributed by atoms with van der Waals surface area (Å²) in [5.74, 6) is 1.71. The molecule has 12 nitrogen and oxygen atoms in total. The average Bonchev–Trinajstić information content (AvgIpc) is 3.64. The number of hydrogen-bond donors (Lipinski definition) is 2. The van der Waals surface area contributed by atoms with Gasteiger partial charge in [0.15, 0.2) is 5.82 Å². The molecule has 48 heavy (non-hydrogen) atoms. The van der Waals surface area contributed by atoms with E-state index in [0.29, 0.717) is 57.2 Å². The van der Waals surface area contributed by atoms with Crippen LogP contribution >= 0.6 is 0 Å². The number of anilines is 1. The summed E-state index contributed by atoms with van der Waals surface area (Å²) in [6.07, 6.45) is 8.40. The first kappa shape index (κ1) is 42.8. The van der Waals surface area contributed by atoms with E-state index in [0.717, 1.165) is 5.56 Å². The monoisotopic (exact) mass is 675 g/mol. The fourth-order valence-electron chi connectivity index (χ4n) is 3.48. The summed E-state index contributed by atoms with van der Waals surface area (Å²) < 4.78 is 43.9. The molecule has 0 unspecified atom stereocenters. The molecule has 0 saturated carbocycles. The number of piperazine rings is 1. The van der Waals surface area contributed by atoms with Crippen LogP contribution < -0.4 is 10.6 Å². The van der Waals surface area contributed by atoms with E-state index < -0.39 is 24.8 Å². The summed E-state index contributed by atoms with van der Waals surface area (Å²) in [6, 6.07) is 12.9. The Bertz CT molecular complexity index is 1370. The number of nitrogens with zero attached hydrogens (tertiary/aromatic N) is 6. The fraction of sp³-hybridized carbons (Fsp3) is 0.394. The van der Waals surface area contributed by atoms with E-state index in [9.17, 15) is 22.8 Å². The Morgan fingerprint density at radius 1 is 1.17 bits per heavy atom. The molecule has 3 heterocycles. The molecule has 3 aromatic rings. The van der Waals surface area contributed by atoms with Gasteiger partial charge >= 0.3 is 5.97 Å². The molecule has 1 fully saturated rings. The largest absolute Gasteiger partial charge is 0.481 e. The third-order valence-corrected chi connectivity index (χ3v) is 5.70. The van der Waals surface area contributed by atoms with Crippen LogP contribution in [0, 0.1) is 12.3 Å². The maximum atomic E-state index is 12.1. The Balaban J connectivity index is 0.000000836. The molecule has 0 radical (unpaired) electrons. The molecule has 1 aliphatic heterocycles. The molecule has 0 atom stereocenters. The van der Waals surface area contributed by atoms with Crippen LogP contribution in [0.15, 0.2) is 69.4 Å². The van der Waals surface area contributed by atoms with E-state index in [1.165, 1.54) is 18.9 Å². The number of carboxylic acid groups (broad SMARTS) is 1.